The minimum Gasteiger partial charge on any atom is -0.340 e. The lowest BCUT2D eigenvalue weighted by molar-refractivity contribution is 0.0754. The van der Waals surface area contributed by atoms with Gasteiger partial charge in [-0.3, -0.25) is 9.78 Å². The van der Waals surface area contributed by atoms with Gasteiger partial charge in [0.1, 0.15) is 5.69 Å². The van der Waals surface area contributed by atoms with Crippen LogP contribution in [0.2, 0.25) is 0 Å². The Kier molecular flexibility index (Phi) is 4.69. The average molecular weight is 348 g/mol. The molecule has 0 radical (unpaired) electrons. The topological polar surface area (TPSA) is 51.0 Å². The number of para-hydroxylation sites is 1. The van der Waals surface area contributed by atoms with E-state index in [2.05, 4.69) is 28.2 Å². The lowest BCUT2D eigenvalue weighted by atomic mass is 9.93. The molecule has 0 N–H and O–H groups in total. The van der Waals surface area contributed by atoms with Crippen molar-refractivity contribution in [2.45, 2.75) is 25.7 Å². The van der Waals surface area contributed by atoms with Crippen LogP contribution < -0.4 is 0 Å². The molecule has 1 aromatic carbocycles. The van der Waals surface area contributed by atoms with Crippen LogP contribution >= 0.6 is 0 Å². The van der Waals surface area contributed by atoms with E-state index in [1.807, 2.05) is 34.8 Å². The quantitative estimate of drug-likeness (QED) is 0.728. The maximum atomic E-state index is 12.6. The van der Waals surface area contributed by atoms with Gasteiger partial charge in [-0.25, -0.2) is 4.98 Å². The van der Waals surface area contributed by atoms with Gasteiger partial charge in [0.15, 0.2) is 0 Å². The van der Waals surface area contributed by atoms with Crippen molar-refractivity contribution in [3.8, 4) is 0 Å². The Hall–Kier alpha value is -2.69. The highest BCUT2D eigenvalue weighted by Crippen LogP contribution is 2.24. The molecule has 1 aliphatic heterocycles. The molecule has 0 unspecified atom stereocenters. The van der Waals surface area contributed by atoms with Crippen molar-refractivity contribution >= 4 is 16.8 Å². The summed E-state index contributed by atoms with van der Waals surface area (Å²) in [7, 11) is 1.89. The van der Waals surface area contributed by atoms with E-state index >= 15 is 0 Å². The number of fused-ring (bicyclic) bond motifs is 1. The summed E-state index contributed by atoms with van der Waals surface area (Å²) in [4.78, 5) is 23.4. The molecule has 0 saturated carbocycles. The lowest BCUT2D eigenvalue weighted by Crippen LogP contribution is -2.32. The highest BCUT2D eigenvalue weighted by molar-refractivity contribution is 5.92. The molecule has 1 aliphatic rings. The van der Waals surface area contributed by atoms with Gasteiger partial charge >= 0.3 is 0 Å². The minimum absolute atomic E-state index is 0.0543. The van der Waals surface area contributed by atoms with E-state index in [1.54, 1.807) is 12.5 Å². The zero-order chi connectivity index (χ0) is 17.9. The first-order chi connectivity index (χ1) is 12.7. The van der Waals surface area contributed by atoms with Crippen LogP contribution in [0.3, 0.4) is 0 Å². The van der Waals surface area contributed by atoms with Gasteiger partial charge in [-0.1, -0.05) is 18.2 Å². The average Bonchev–Trinajstić information content (AvgIpc) is 2.96. The summed E-state index contributed by atoms with van der Waals surface area (Å²) in [6, 6.07) is 10.5. The number of amides is 1. The molecular formula is C21H24N4O. The van der Waals surface area contributed by atoms with Gasteiger partial charge in [0.05, 0.1) is 11.8 Å². The molecule has 3 heterocycles. The van der Waals surface area contributed by atoms with Crippen molar-refractivity contribution in [3.63, 3.8) is 0 Å². The zero-order valence-electron chi connectivity index (χ0n) is 15.1. The van der Waals surface area contributed by atoms with Crippen LogP contribution in [0.1, 0.15) is 35.3 Å². The molecule has 26 heavy (non-hydrogen) atoms. The number of benzene rings is 1. The number of aromatic nitrogens is 3. The molecule has 3 aromatic rings. The number of imidazole rings is 1. The number of nitrogens with zero attached hydrogens (tertiary/aromatic N) is 4. The van der Waals surface area contributed by atoms with Crippen molar-refractivity contribution in [3.05, 3.63) is 60.3 Å². The number of carbonyl (C=O) groups excluding carboxylic acids is 1. The van der Waals surface area contributed by atoms with Crippen LogP contribution in [0.4, 0.5) is 0 Å². The predicted molar refractivity (Wildman–Crippen MR) is 102 cm³/mol. The highest BCUT2D eigenvalue weighted by atomic mass is 16.2. The lowest BCUT2D eigenvalue weighted by Gasteiger charge is -2.19. The molecule has 0 bridgehead atoms. The first-order valence-corrected chi connectivity index (χ1v) is 9.30. The Morgan fingerprint density at radius 2 is 2.08 bits per heavy atom. The fourth-order valence-electron chi connectivity index (χ4n) is 3.82. The Bertz CT molecular complexity index is 917. The summed E-state index contributed by atoms with van der Waals surface area (Å²) < 4.78 is 1.82. The third-order valence-electron chi connectivity index (χ3n) is 5.23. The van der Waals surface area contributed by atoms with Crippen molar-refractivity contribution in [2.75, 3.05) is 13.1 Å². The molecule has 0 spiro atoms. The van der Waals surface area contributed by atoms with E-state index in [4.69, 9.17) is 0 Å². The van der Waals surface area contributed by atoms with E-state index < -0.39 is 0 Å². The van der Waals surface area contributed by atoms with Crippen LogP contribution in [-0.2, 0) is 13.5 Å². The summed E-state index contributed by atoms with van der Waals surface area (Å²) in [5.41, 5.74) is 2.88. The summed E-state index contributed by atoms with van der Waals surface area (Å²) in [6.45, 7) is 1.63. The van der Waals surface area contributed by atoms with Crippen LogP contribution in [0, 0.1) is 5.92 Å². The number of carbonyl (C=O) groups is 1. The largest absolute Gasteiger partial charge is 0.340 e. The molecule has 4 rings (SSSR count). The maximum absolute atomic E-state index is 12.6. The fourth-order valence-corrected chi connectivity index (χ4v) is 3.82. The normalized spacial score (nSPS) is 18.0. The fraction of sp³-hybridized carbons (Fsp3) is 0.381. The van der Waals surface area contributed by atoms with E-state index in [-0.39, 0.29) is 5.91 Å². The molecule has 1 atom stereocenters. The molecule has 1 amide bonds. The van der Waals surface area contributed by atoms with Gasteiger partial charge in [-0.15, -0.1) is 0 Å². The van der Waals surface area contributed by atoms with Crippen molar-refractivity contribution in [1.82, 2.24) is 19.4 Å². The van der Waals surface area contributed by atoms with Gasteiger partial charge in [-0.2, -0.15) is 0 Å². The number of rotatable bonds is 3. The first-order valence-electron chi connectivity index (χ1n) is 9.30. The number of pyridine rings is 1. The predicted octanol–water partition coefficient (Wildman–Crippen LogP) is 3.45. The van der Waals surface area contributed by atoms with Gasteiger partial charge < -0.3 is 9.47 Å². The Balaban J connectivity index is 1.40. The van der Waals surface area contributed by atoms with Crippen LogP contribution in [-0.4, -0.2) is 38.4 Å². The number of hydrogen-bond donors (Lipinski definition) is 0. The van der Waals surface area contributed by atoms with Gasteiger partial charge in [0.2, 0.25) is 0 Å². The van der Waals surface area contributed by atoms with Gasteiger partial charge in [0.25, 0.3) is 5.91 Å². The third kappa shape index (κ3) is 3.62. The van der Waals surface area contributed by atoms with Crippen LogP contribution in [0.15, 0.2) is 49.1 Å². The van der Waals surface area contributed by atoms with Crippen LogP contribution in [0.5, 0.6) is 0 Å². The summed E-state index contributed by atoms with van der Waals surface area (Å²) in [5.74, 6) is 0.651. The van der Waals surface area contributed by atoms with Gasteiger partial charge in [-0.05, 0) is 49.3 Å². The molecule has 5 nitrogen and oxygen atoms in total. The minimum atomic E-state index is 0.0543. The van der Waals surface area contributed by atoms with Crippen molar-refractivity contribution < 1.29 is 4.79 Å². The molecule has 1 fully saturated rings. The Morgan fingerprint density at radius 3 is 2.92 bits per heavy atom. The molecule has 134 valence electrons. The van der Waals surface area contributed by atoms with Crippen molar-refractivity contribution in [1.29, 1.82) is 0 Å². The van der Waals surface area contributed by atoms with E-state index in [9.17, 15) is 4.79 Å². The first kappa shape index (κ1) is 16.8. The summed E-state index contributed by atoms with van der Waals surface area (Å²) >= 11 is 0. The smallest absolute Gasteiger partial charge is 0.274 e. The Labute approximate surface area is 153 Å². The van der Waals surface area contributed by atoms with E-state index in [0.29, 0.717) is 11.6 Å². The van der Waals surface area contributed by atoms with Crippen molar-refractivity contribution in [2.24, 2.45) is 13.0 Å². The summed E-state index contributed by atoms with van der Waals surface area (Å²) in [6.07, 6.45) is 9.74. The molecule has 5 heteroatoms. The van der Waals surface area contributed by atoms with E-state index in [0.717, 1.165) is 44.3 Å². The molecule has 0 aliphatic carbocycles. The summed E-state index contributed by atoms with van der Waals surface area (Å²) in [5, 5.41) is 1.20. The maximum Gasteiger partial charge on any atom is 0.274 e. The third-order valence-corrected chi connectivity index (χ3v) is 5.23. The molecule has 2 aromatic heterocycles. The Morgan fingerprint density at radius 1 is 1.19 bits per heavy atom. The zero-order valence-corrected chi connectivity index (χ0v) is 15.1. The number of hydrogen-bond acceptors (Lipinski definition) is 3. The monoisotopic (exact) mass is 348 g/mol. The number of likely N-dealkylation sites (tertiary alicyclic amines) is 1. The molecular weight excluding hydrogens is 324 g/mol. The second kappa shape index (κ2) is 7.28. The number of aryl methyl sites for hydroxylation is 1. The van der Waals surface area contributed by atoms with Crippen LogP contribution in [0.25, 0.3) is 10.9 Å². The second-order valence-corrected chi connectivity index (χ2v) is 7.25. The van der Waals surface area contributed by atoms with E-state index in [1.165, 1.54) is 10.9 Å². The molecule has 1 saturated heterocycles. The standard InChI is InChI=1S/C21H24N4O/c1-24-14-20(23-15-24)21(26)25-9-4-5-16(8-10-25)11-17-12-18-6-2-3-7-19(18)22-13-17/h2-3,6-7,12-16H,4-5,8-11H2,1H3/t16-/m0/s1. The second-order valence-electron chi connectivity index (χ2n) is 7.25. The highest BCUT2D eigenvalue weighted by Gasteiger charge is 2.23. The van der Waals surface area contributed by atoms with Gasteiger partial charge in [0, 0.05) is 37.9 Å². The SMILES string of the molecule is Cn1cnc(C(=O)N2CCC[C@H](Cc3cnc4ccccc4c3)CC2)c1.